The molecule has 3 heterocycles. The van der Waals surface area contributed by atoms with Gasteiger partial charge in [-0.15, -0.1) is 0 Å². The van der Waals surface area contributed by atoms with Crippen LogP contribution in [0.5, 0.6) is 5.75 Å². The van der Waals surface area contributed by atoms with Crippen molar-refractivity contribution in [2.24, 2.45) is 0 Å². The van der Waals surface area contributed by atoms with Crippen LogP contribution in [-0.2, 0) is 27.1 Å². The highest BCUT2D eigenvalue weighted by Gasteiger charge is 2.43. The molecule has 33 heavy (non-hydrogen) atoms. The third-order valence-corrected chi connectivity index (χ3v) is 5.79. The molecule has 0 saturated carbocycles. The van der Waals surface area contributed by atoms with Gasteiger partial charge in [-0.05, 0) is 57.4 Å². The Morgan fingerprint density at radius 2 is 2.00 bits per heavy atom. The molecule has 0 radical (unpaired) electrons. The zero-order valence-electron chi connectivity index (χ0n) is 19.2. The van der Waals surface area contributed by atoms with E-state index in [1.165, 1.54) is 0 Å². The predicted molar refractivity (Wildman–Crippen MR) is 123 cm³/mol. The SMILES string of the molecule is CCOC(=O)C1(Cc2ccc(OCCc3nc(-c4ccccc4)oc3C)cn2)CCCCO1. The molecule has 0 aliphatic carbocycles. The Morgan fingerprint density at radius 1 is 1.15 bits per heavy atom. The number of hydrogen-bond donors (Lipinski definition) is 0. The number of aromatic nitrogens is 2. The molecule has 1 aromatic carbocycles. The maximum Gasteiger partial charge on any atom is 0.338 e. The second-order valence-corrected chi connectivity index (χ2v) is 8.17. The minimum Gasteiger partial charge on any atom is -0.492 e. The van der Waals surface area contributed by atoms with Crippen LogP contribution in [0.2, 0.25) is 0 Å². The Bertz CT molecular complexity index is 1040. The van der Waals surface area contributed by atoms with E-state index in [9.17, 15) is 4.79 Å². The van der Waals surface area contributed by atoms with Crippen molar-refractivity contribution in [2.45, 2.75) is 51.6 Å². The van der Waals surface area contributed by atoms with E-state index < -0.39 is 5.60 Å². The first-order valence-corrected chi connectivity index (χ1v) is 11.5. The highest BCUT2D eigenvalue weighted by Crippen LogP contribution is 2.30. The van der Waals surface area contributed by atoms with Gasteiger partial charge in [0.15, 0.2) is 5.60 Å². The van der Waals surface area contributed by atoms with Crippen molar-refractivity contribution in [2.75, 3.05) is 19.8 Å². The zero-order chi connectivity index (χ0) is 23.1. The summed E-state index contributed by atoms with van der Waals surface area (Å²) in [5, 5.41) is 0. The molecule has 0 bridgehead atoms. The van der Waals surface area contributed by atoms with Crippen molar-refractivity contribution in [3.8, 4) is 17.2 Å². The van der Waals surface area contributed by atoms with Crippen LogP contribution in [0.25, 0.3) is 11.5 Å². The Hall–Kier alpha value is -3.19. The fourth-order valence-electron chi connectivity index (χ4n) is 4.01. The molecule has 0 amide bonds. The fourth-order valence-corrected chi connectivity index (χ4v) is 4.01. The summed E-state index contributed by atoms with van der Waals surface area (Å²) in [6.45, 7) is 5.08. The van der Waals surface area contributed by atoms with Crippen LogP contribution in [-0.4, -0.2) is 41.4 Å². The molecule has 0 spiro atoms. The van der Waals surface area contributed by atoms with Gasteiger partial charge in [0.2, 0.25) is 5.89 Å². The largest absolute Gasteiger partial charge is 0.492 e. The number of esters is 1. The Balaban J connectivity index is 1.34. The first-order valence-electron chi connectivity index (χ1n) is 11.5. The van der Waals surface area contributed by atoms with Gasteiger partial charge in [-0.1, -0.05) is 18.2 Å². The summed E-state index contributed by atoms with van der Waals surface area (Å²) in [7, 11) is 0. The lowest BCUT2D eigenvalue weighted by Gasteiger charge is -2.34. The summed E-state index contributed by atoms with van der Waals surface area (Å²) in [5.41, 5.74) is 1.67. The highest BCUT2D eigenvalue weighted by molar-refractivity contribution is 5.80. The van der Waals surface area contributed by atoms with E-state index in [4.69, 9.17) is 18.6 Å². The second kappa shape index (κ2) is 10.6. The molecular weight excluding hydrogens is 420 g/mol. The summed E-state index contributed by atoms with van der Waals surface area (Å²) in [4.78, 5) is 21.7. The smallest absolute Gasteiger partial charge is 0.338 e. The lowest BCUT2D eigenvalue weighted by atomic mass is 9.89. The van der Waals surface area contributed by atoms with Crippen LogP contribution in [0, 0.1) is 6.92 Å². The number of carbonyl (C=O) groups is 1. The van der Waals surface area contributed by atoms with Gasteiger partial charge in [0, 0.05) is 30.7 Å². The van der Waals surface area contributed by atoms with E-state index >= 15 is 0 Å². The van der Waals surface area contributed by atoms with Gasteiger partial charge in [0.25, 0.3) is 0 Å². The summed E-state index contributed by atoms with van der Waals surface area (Å²) in [6.07, 6.45) is 5.25. The summed E-state index contributed by atoms with van der Waals surface area (Å²) >= 11 is 0. The molecule has 2 aromatic heterocycles. The van der Waals surface area contributed by atoms with Crippen LogP contribution in [0.4, 0.5) is 0 Å². The van der Waals surface area contributed by atoms with Crippen LogP contribution in [0.3, 0.4) is 0 Å². The Morgan fingerprint density at radius 3 is 2.70 bits per heavy atom. The molecule has 0 N–H and O–H groups in total. The average Bonchev–Trinajstić information content (AvgIpc) is 3.22. The number of hydrogen-bond acceptors (Lipinski definition) is 7. The third-order valence-electron chi connectivity index (χ3n) is 5.79. The number of oxazole rings is 1. The van der Waals surface area contributed by atoms with Crippen molar-refractivity contribution in [3.63, 3.8) is 0 Å². The molecule has 1 atom stereocenters. The first kappa shape index (κ1) is 23.0. The molecule has 174 valence electrons. The molecular formula is C26H30N2O5. The fraction of sp³-hybridized carbons (Fsp3) is 0.423. The van der Waals surface area contributed by atoms with Gasteiger partial charge >= 0.3 is 5.97 Å². The number of carbonyl (C=O) groups excluding carboxylic acids is 1. The van der Waals surface area contributed by atoms with Crippen molar-refractivity contribution in [1.82, 2.24) is 9.97 Å². The zero-order valence-corrected chi connectivity index (χ0v) is 19.2. The van der Waals surface area contributed by atoms with Gasteiger partial charge in [-0.25, -0.2) is 9.78 Å². The van der Waals surface area contributed by atoms with Gasteiger partial charge in [-0.2, -0.15) is 0 Å². The number of benzene rings is 1. The van der Waals surface area contributed by atoms with Gasteiger partial charge in [0.05, 0.1) is 25.1 Å². The van der Waals surface area contributed by atoms with E-state index in [-0.39, 0.29) is 5.97 Å². The highest BCUT2D eigenvalue weighted by atomic mass is 16.6. The van der Waals surface area contributed by atoms with Crippen LogP contribution in [0.15, 0.2) is 53.1 Å². The predicted octanol–water partition coefficient (Wildman–Crippen LogP) is 4.71. The molecule has 1 aliphatic heterocycles. The van der Waals surface area contributed by atoms with Crippen molar-refractivity contribution in [3.05, 3.63) is 65.8 Å². The van der Waals surface area contributed by atoms with E-state index in [1.54, 1.807) is 6.20 Å². The van der Waals surface area contributed by atoms with Gasteiger partial charge < -0.3 is 18.6 Å². The average molecular weight is 451 g/mol. The molecule has 1 unspecified atom stereocenters. The van der Waals surface area contributed by atoms with Crippen molar-refractivity contribution < 1.29 is 23.4 Å². The normalized spacial score (nSPS) is 18.1. The topological polar surface area (TPSA) is 83.7 Å². The molecule has 7 heteroatoms. The number of ether oxygens (including phenoxy) is 3. The molecule has 1 fully saturated rings. The quantitative estimate of drug-likeness (QED) is 0.437. The maximum absolute atomic E-state index is 12.6. The van der Waals surface area contributed by atoms with Crippen molar-refractivity contribution in [1.29, 1.82) is 0 Å². The van der Waals surface area contributed by atoms with Crippen LogP contribution >= 0.6 is 0 Å². The molecule has 1 saturated heterocycles. The molecule has 4 rings (SSSR count). The Kier molecular flexibility index (Phi) is 7.40. The molecule has 7 nitrogen and oxygen atoms in total. The maximum atomic E-state index is 12.6. The van der Waals surface area contributed by atoms with Gasteiger partial charge in [0.1, 0.15) is 11.5 Å². The molecule has 1 aliphatic rings. The van der Waals surface area contributed by atoms with E-state index in [0.29, 0.717) is 50.7 Å². The summed E-state index contributed by atoms with van der Waals surface area (Å²) < 4.78 is 22.9. The minimum absolute atomic E-state index is 0.301. The lowest BCUT2D eigenvalue weighted by Crippen LogP contribution is -2.47. The van der Waals surface area contributed by atoms with E-state index in [0.717, 1.165) is 35.6 Å². The summed E-state index contributed by atoms with van der Waals surface area (Å²) in [6, 6.07) is 13.6. The third kappa shape index (κ3) is 5.60. The number of nitrogens with zero attached hydrogens (tertiary/aromatic N) is 2. The monoisotopic (exact) mass is 450 g/mol. The van der Waals surface area contributed by atoms with E-state index in [2.05, 4.69) is 9.97 Å². The number of rotatable bonds is 9. The van der Waals surface area contributed by atoms with Gasteiger partial charge in [-0.3, -0.25) is 4.98 Å². The standard InChI is InChI=1S/C26H30N2O5/c1-3-30-25(29)26(14-7-8-15-32-26)17-21-11-12-22(18-27-21)31-16-13-23-19(2)33-24(28-23)20-9-5-4-6-10-20/h4-6,9-12,18H,3,7-8,13-17H2,1-2H3. The van der Waals surface area contributed by atoms with Crippen LogP contribution < -0.4 is 4.74 Å². The lowest BCUT2D eigenvalue weighted by molar-refractivity contribution is -0.178. The first-order chi connectivity index (χ1) is 16.1. The van der Waals surface area contributed by atoms with Crippen LogP contribution in [0.1, 0.15) is 43.3 Å². The van der Waals surface area contributed by atoms with E-state index in [1.807, 2.05) is 56.3 Å². The Labute approximate surface area is 194 Å². The number of pyridine rings is 1. The number of aryl methyl sites for hydroxylation is 1. The summed E-state index contributed by atoms with van der Waals surface area (Å²) in [5.74, 6) is 1.78. The molecule has 3 aromatic rings. The second-order valence-electron chi connectivity index (χ2n) is 8.17. The minimum atomic E-state index is -0.940. The van der Waals surface area contributed by atoms with Crippen molar-refractivity contribution >= 4 is 5.97 Å².